The molecule has 0 bridgehead atoms. The van der Waals surface area contributed by atoms with Gasteiger partial charge in [0.05, 0.1) is 18.0 Å². The minimum atomic E-state index is -0.216. The Balaban J connectivity index is 1.44. The summed E-state index contributed by atoms with van der Waals surface area (Å²) in [6, 6.07) is 15.4. The Morgan fingerprint density at radius 1 is 1.15 bits per heavy atom. The minimum absolute atomic E-state index is 0.0480. The van der Waals surface area contributed by atoms with Gasteiger partial charge in [0, 0.05) is 6.42 Å². The van der Waals surface area contributed by atoms with E-state index in [1.807, 2.05) is 18.2 Å². The van der Waals surface area contributed by atoms with Gasteiger partial charge in [-0.25, -0.2) is 4.68 Å². The Kier molecular flexibility index (Phi) is 4.48. The van der Waals surface area contributed by atoms with E-state index in [1.54, 1.807) is 18.2 Å². The SMILES string of the molecule is O=C(CCn1nnc2ccccc2c1=O)NC1CCCc2ccccc21. The summed E-state index contributed by atoms with van der Waals surface area (Å²) in [4.78, 5) is 24.8. The predicted molar refractivity (Wildman–Crippen MR) is 98.7 cm³/mol. The topological polar surface area (TPSA) is 76.9 Å². The molecule has 2 aromatic carbocycles. The van der Waals surface area contributed by atoms with Crippen LogP contribution in [-0.4, -0.2) is 20.9 Å². The van der Waals surface area contributed by atoms with Crippen molar-refractivity contribution in [3.8, 4) is 0 Å². The first-order valence-electron chi connectivity index (χ1n) is 8.92. The Morgan fingerprint density at radius 2 is 1.96 bits per heavy atom. The van der Waals surface area contributed by atoms with Crippen LogP contribution in [-0.2, 0) is 17.8 Å². The van der Waals surface area contributed by atoms with Crippen LogP contribution >= 0.6 is 0 Å². The molecule has 0 saturated carbocycles. The maximum atomic E-state index is 12.4. The van der Waals surface area contributed by atoms with Gasteiger partial charge in [0.1, 0.15) is 5.52 Å². The molecule has 1 aliphatic rings. The van der Waals surface area contributed by atoms with Crippen molar-refractivity contribution in [2.24, 2.45) is 0 Å². The van der Waals surface area contributed by atoms with E-state index in [0.717, 1.165) is 19.3 Å². The number of nitrogens with zero attached hydrogens (tertiary/aromatic N) is 3. The predicted octanol–water partition coefficient (Wildman–Crippen LogP) is 2.38. The summed E-state index contributed by atoms with van der Waals surface area (Å²) in [5, 5.41) is 11.6. The molecule has 0 spiro atoms. The van der Waals surface area contributed by atoms with E-state index in [-0.39, 0.29) is 30.5 Å². The number of aromatic nitrogens is 3. The van der Waals surface area contributed by atoms with Crippen molar-refractivity contribution < 1.29 is 4.79 Å². The zero-order chi connectivity index (χ0) is 17.9. The standard InChI is InChI=1S/C20H20N4O2/c25-19(21-17-11-5-7-14-6-1-2-8-15(14)17)12-13-24-20(26)16-9-3-4-10-18(16)22-23-24/h1-4,6,8-10,17H,5,7,11-13H2,(H,21,25). The van der Waals surface area contributed by atoms with Gasteiger partial charge in [-0.3, -0.25) is 9.59 Å². The van der Waals surface area contributed by atoms with E-state index in [9.17, 15) is 9.59 Å². The van der Waals surface area contributed by atoms with Gasteiger partial charge in [0.2, 0.25) is 5.91 Å². The summed E-state index contributed by atoms with van der Waals surface area (Å²) >= 11 is 0. The molecule has 6 heteroatoms. The fraction of sp³-hybridized carbons (Fsp3) is 0.300. The number of hydrogen-bond acceptors (Lipinski definition) is 4. The highest BCUT2D eigenvalue weighted by molar-refractivity contribution is 5.77. The fourth-order valence-electron chi connectivity index (χ4n) is 3.55. The largest absolute Gasteiger partial charge is 0.349 e. The van der Waals surface area contributed by atoms with E-state index < -0.39 is 0 Å². The van der Waals surface area contributed by atoms with Crippen molar-refractivity contribution in [1.82, 2.24) is 20.3 Å². The van der Waals surface area contributed by atoms with Crippen molar-refractivity contribution in [3.05, 3.63) is 70.0 Å². The molecule has 1 heterocycles. The van der Waals surface area contributed by atoms with Crippen LogP contribution < -0.4 is 10.9 Å². The number of nitrogens with one attached hydrogen (secondary N) is 1. The van der Waals surface area contributed by atoms with Crippen molar-refractivity contribution >= 4 is 16.8 Å². The van der Waals surface area contributed by atoms with E-state index in [1.165, 1.54) is 15.8 Å². The average Bonchev–Trinajstić information content (AvgIpc) is 2.68. The van der Waals surface area contributed by atoms with Crippen LogP contribution in [0.15, 0.2) is 53.3 Å². The number of rotatable bonds is 4. The van der Waals surface area contributed by atoms with Crippen molar-refractivity contribution in [1.29, 1.82) is 0 Å². The highest BCUT2D eigenvalue weighted by atomic mass is 16.2. The molecule has 0 radical (unpaired) electrons. The summed E-state index contributed by atoms with van der Waals surface area (Å²) in [6.07, 6.45) is 3.27. The van der Waals surface area contributed by atoms with Crippen molar-refractivity contribution in [2.45, 2.75) is 38.3 Å². The molecule has 132 valence electrons. The van der Waals surface area contributed by atoms with E-state index in [0.29, 0.717) is 10.9 Å². The van der Waals surface area contributed by atoms with Crippen LogP contribution in [0.2, 0.25) is 0 Å². The Morgan fingerprint density at radius 3 is 2.88 bits per heavy atom. The molecule has 26 heavy (non-hydrogen) atoms. The molecular formula is C20H20N4O2. The number of fused-ring (bicyclic) bond motifs is 2. The molecule has 4 rings (SSSR count). The van der Waals surface area contributed by atoms with Crippen LogP contribution in [0.25, 0.3) is 10.9 Å². The van der Waals surface area contributed by atoms with Crippen LogP contribution in [0.4, 0.5) is 0 Å². The van der Waals surface area contributed by atoms with E-state index in [4.69, 9.17) is 0 Å². The summed E-state index contributed by atoms with van der Waals surface area (Å²) in [5.41, 5.74) is 2.86. The van der Waals surface area contributed by atoms with Gasteiger partial charge < -0.3 is 5.32 Å². The first-order chi connectivity index (χ1) is 12.7. The zero-order valence-corrected chi connectivity index (χ0v) is 14.4. The van der Waals surface area contributed by atoms with Gasteiger partial charge >= 0.3 is 0 Å². The van der Waals surface area contributed by atoms with Gasteiger partial charge in [0.15, 0.2) is 0 Å². The maximum Gasteiger partial charge on any atom is 0.277 e. The third kappa shape index (κ3) is 3.22. The van der Waals surface area contributed by atoms with Gasteiger partial charge in [-0.15, -0.1) is 5.10 Å². The Labute approximate surface area is 150 Å². The third-order valence-electron chi connectivity index (χ3n) is 4.88. The molecular weight excluding hydrogens is 328 g/mol. The quantitative estimate of drug-likeness (QED) is 0.785. The monoisotopic (exact) mass is 348 g/mol. The number of aryl methyl sites for hydroxylation is 2. The summed E-state index contributed by atoms with van der Waals surface area (Å²) in [5.74, 6) is -0.0754. The van der Waals surface area contributed by atoms with E-state index >= 15 is 0 Å². The smallest absolute Gasteiger partial charge is 0.277 e. The molecule has 1 atom stereocenters. The number of benzene rings is 2. The maximum absolute atomic E-state index is 12.4. The van der Waals surface area contributed by atoms with E-state index in [2.05, 4.69) is 27.8 Å². The molecule has 1 aromatic heterocycles. The summed E-state index contributed by atoms with van der Waals surface area (Å²) < 4.78 is 1.26. The molecule has 1 amide bonds. The highest BCUT2D eigenvalue weighted by Crippen LogP contribution is 2.29. The first kappa shape index (κ1) is 16.4. The Bertz CT molecular complexity index is 1010. The van der Waals surface area contributed by atoms with Crippen molar-refractivity contribution in [2.75, 3.05) is 0 Å². The fourth-order valence-corrected chi connectivity index (χ4v) is 3.55. The average molecular weight is 348 g/mol. The van der Waals surface area contributed by atoms with Gasteiger partial charge in [-0.05, 0) is 42.5 Å². The lowest BCUT2D eigenvalue weighted by Crippen LogP contribution is -2.33. The first-order valence-corrected chi connectivity index (χ1v) is 8.92. The van der Waals surface area contributed by atoms with Crippen molar-refractivity contribution in [3.63, 3.8) is 0 Å². The number of carbonyl (C=O) groups is 1. The van der Waals surface area contributed by atoms with Crippen LogP contribution in [0, 0.1) is 0 Å². The second-order valence-corrected chi connectivity index (χ2v) is 6.60. The van der Waals surface area contributed by atoms with Gasteiger partial charge in [0.25, 0.3) is 5.56 Å². The molecule has 1 aliphatic carbocycles. The molecule has 0 fully saturated rings. The molecule has 0 saturated heterocycles. The molecule has 0 aliphatic heterocycles. The molecule has 1 unspecified atom stereocenters. The van der Waals surface area contributed by atoms with Crippen LogP contribution in [0.1, 0.15) is 36.4 Å². The third-order valence-corrected chi connectivity index (χ3v) is 4.88. The normalized spacial score (nSPS) is 16.2. The lowest BCUT2D eigenvalue weighted by Gasteiger charge is -2.26. The lowest BCUT2D eigenvalue weighted by atomic mass is 9.88. The second kappa shape index (κ2) is 7.07. The van der Waals surface area contributed by atoms with Crippen LogP contribution in [0.5, 0.6) is 0 Å². The Hall–Kier alpha value is -3.02. The number of amides is 1. The highest BCUT2D eigenvalue weighted by Gasteiger charge is 2.21. The second-order valence-electron chi connectivity index (χ2n) is 6.60. The molecule has 6 nitrogen and oxygen atoms in total. The lowest BCUT2D eigenvalue weighted by molar-refractivity contribution is -0.122. The zero-order valence-electron chi connectivity index (χ0n) is 14.4. The minimum Gasteiger partial charge on any atom is -0.349 e. The molecule has 1 N–H and O–H groups in total. The summed E-state index contributed by atoms with van der Waals surface area (Å²) in [6.45, 7) is 0.219. The van der Waals surface area contributed by atoms with Gasteiger partial charge in [-0.1, -0.05) is 41.6 Å². The van der Waals surface area contributed by atoms with Gasteiger partial charge in [-0.2, -0.15) is 0 Å². The summed E-state index contributed by atoms with van der Waals surface area (Å²) in [7, 11) is 0. The molecule has 3 aromatic rings. The number of hydrogen-bond donors (Lipinski definition) is 1. The van der Waals surface area contributed by atoms with Crippen LogP contribution in [0.3, 0.4) is 0 Å². The number of carbonyl (C=O) groups excluding carboxylic acids is 1.